The minimum Gasteiger partial charge on any atom is -0.377 e. The van der Waals surface area contributed by atoms with Crippen molar-refractivity contribution in [2.45, 2.75) is 38.8 Å². The highest BCUT2D eigenvalue weighted by Crippen LogP contribution is 2.32. The summed E-state index contributed by atoms with van der Waals surface area (Å²) >= 11 is 1.48. The minimum atomic E-state index is -0.455. The lowest BCUT2D eigenvalue weighted by atomic mass is 10.1. The monoisotopic (exact) mass is 387 g/mol. The van der Waals surface area contributed by atoms with Crippen molar-refractivity contribution in [2.75, 3.05) is 23.7 Å². The van der Waals surface area contributed by atoms with Crippen molar-refractivity contribution < 1.29 is 9.72 Å². The van der Waals surface area contributed by atoms with Crippen LogP contribution < -0.4 is 10.6 Å². The van der Waals surface area contributed by atoms with Gasteiger partial charge in [0.15, 0.2) is 5.13 Å². The molecule has 2 aliphatic rings. The highest BCUT2D eigenvalue weighted by molar-refractivity contribution is 7.15. The number of thiazole rings is 1. The van der Waals surface area contributed by atoms with Crippen LogP contribution in [0.5, 0.6) is 0 Å². The van der Waals surface area contributed by atoms with Crippen LogP contribution in [0.4, 0.5) is 16.5 Å². The Morgan fingerprint density at radius 1 is 1.44 bits per heavy atom. The molecule has 0 spiro atoms. The van der Waals surface area contributed by atoms with Gasteiger partial charge in [-0.1, -0.05) is 6.92 Å². The number of carbonyl (C=O) groups is 1. The average molecular weight is 387 g/mol. The average Bonchev–Trinajstić information content (AvgIpc) is 3.38. The molecule has 0 unspecified atom stereocenters. The van der Waals surface area contributed by atoms with Gasteiger partial charge in [-0.05, 0) is 31.5 Å². The summed E-state index contributed by atoms with van der Waals surface area (Å²) in [6.07, 6.45) is 2.91. The van der Waals surface area contributed by atoms with Crippen molar-refractivity contribution in [2.24, 2.45) is 0 Å². The molecule has 0 saturated heterocycles. The first-order chi connectivity index (χ1) is 13.0. The predicted molar refractivity (Wildman–Crippen MR) is 104 cm³/mol. The number of nitrogens with zero attached hydrogens (tertiary/aromatic N) is 3. The molecule has 4 rings (SSSR count). The van der Waals surface area contributed by atoms with Crippen molar-refractivity contribution in [3.05, 3.63) is 44.4 Å². The molecule has 0 bridgehead atoms. The van der Waals surface area contributed by atoms with Crippen molar-refractivity contribution in [1.82, 2.24) is 9.88 Å². The summed E-state index contributed by atoms with van der Waals surface area (Å²) in [4.78, 5) is 31.5. The quantitative estimate of drug-likeness (QED) is 0.583. The van der Waals surface area contributed by atoms with Crippen molar-refractivity contribution in [3.63, 3.8) is 0 Å². The molecule has 1 aliphatic heterocycles. The Morgan fingerprint density at radius 2 is 2.26 bits per heavy atom. The molecule has 1 saturated carbocycles. The van der Waals surface area contributed by atoms with Crippen LogP contribution in [0.3, 0.4) is 0 Å². The van der Waals surface area contributed by atoms with Crippen molar-refractivity contribution in [3.8, 4) is 0 Å². The van der Waals surface area contributed by atoms with Gasteiger partial charge in [0.1, 0.15) is 5.69 Å². The SMILES string of the molecule is CCN1CCc2nc(NC(=O)c3ccc(NC4CC4)c([N+](=O)[O-])c3)sc2C1. The summed E-state index contributed by atoms with van der Waals surface area (Å²) in [5.41, 5.74) is 1.68. The maximum Gasteiger partial charge on any atom is 0.293 e. The smallest absolute Gasteiger partial charge is 0.293 e. The molecule has 2 aromatic rings. The third kappa shape index (κ3) is 3.93. The van der Waals surface area contributed by atoms with Gasteiger partial charge in [0, 0.05) is 42.1 Å². The number of likely N-dealkylation sites (N-methyl/N-ethyl adjacent to an activating group) is 1. The molecule has 142 valence electrons. The van der Waals surface area contributed by atoms with Crippen LogP contribution in [0, 0.1) is 10.1 Å². The van der Waals surface area contributed by atoms with Gasteiger partial charge in [-0.25, -0.2) is 4.98 Å². The second kappa shape index (κ2) is 7.24. The maximum absolute atomic E-state index is 12.6. The third-order valence-electron chi connectivity index (χ3n) is 4.87. The minimum absolute atomic E-state index is 0.0772. The fraction of sp³-hybridized carbons (Fsp3) is 0.444. The number of aromatic nitrogens is 1. The summed E-state index contributed by atoms with van der Waals surface area (Å²) in [6.45, 7) is 4.95. The zero-order chi connectivity index (χ0) is 19.0. The van der Waals surface area contributed by atoms with Crippen LogP contribution in [0.1, 0.15) is 40.7 Å². The Hall–Kier alpha value is -2.52. The molecule has 8 nitrogen and oxygen atoms in total. The van der Waals surface area contributed by atoms with Gasteiger partial charge >= 0.3 is 0 Å². The third-order valence-corrected chi connectivity index (χ3v) is 5.87. The Balaban J connectivity index is 1.50. The molecule has 2 N–H and O–H groups in total. The number of amides is 1. The molecule has 0 radical (unpaired) electrons. The maximum atomic E-state index is 12.6. The van der Waals surface area contributed by atoms with E-state index >= 15 is 0 Å². The highest BCUT2D eigenvalue weighted by Gasteiger charge is 2.26. The van der Waals surface area contributed by atoms with Gasteiger partial charge < -0.3 is 5.32 Å². The molecule has 1 aromatic carbocycles. The highest BCUT2D eigenvalue weighted by atomic mass is 32.1. The molecule has 1 aliphatic carbocycles. The molecule has 1 fully saturated rings. The molecule has 1 amide bonds. The summed E-state index contributed by atoms with van der Waals surface area (Å²) < 4.78 is 0. The van der Waals surface area contributed by atoms with Crippen LogP contribution in [-0.4, -0.2) is 39.8 Å². The largest absolute Gasteiger partial charge is 0.377 e. The van der Waals surface area contributed by atoms with Crippen LogP contribution in [0.25, 0.3) is 0 Å². The number of carbonyl (C=O) groups excluding carboxylic acids is 1. The number of anilines is 2. The van der Waals surface area contributed by atoms with E-state index in [0.29, 0.717) is 16.9 Å². The summed E-state index contributed by atoms with van der Waals surface area (Å²) in [5, 5.41) is 17.8. The number of nitro groups is 1. The van der Waals surface area contributed by atoms with Gasteiger partial charge in [0.25, 0.3) is 11.6 Å². The zero-order valence-electron chi connectivity index (χ0n) is 15.0. The summed E-state index contributed by atoms with van der Waals surface area (Å²) in [5.74, 6) is -0.380. The van der Waals surface area contributed by atoms with E-state index in [1.807, 2.05) is 0 Å². The van der Waals surface area contributed by atoms with E-state index in [1.54, 1.807) is 12.1 Å². The summed E-state index contributed by atoms with van der Waals surface area (Å²) in [6, 6.07) is 4.84. The zero-order valence-corrected chi connectivity index (χ0v) is 15.8. The molecular weight excluding hydrogens is 366 g/mol. The first-order valence-electron chi connectivity index (χ1n) is 9.10. The van der Waals surface area contributed by atoms with E-state index in [-0.39, 0.29) is 17.2 Å². The van der Waals surface area contributed by atoms with Gasteiger partial charge in [0.2, 0.25) is 0 Å². The molecule has 27 heavy (non-hydrogen) atoms. The Morgan fingerprint density at radius 3 is 2.96 bits per heavy atom. The second-order valence-corrected chi connectivity index (χ2v) is 7.95. The first-order valence-corrected chi connectivity index (χ1v) is 9.92. The topological polar surface area (TPSA) is 100 Å². The standard InChI is InChI=1S/C18H21N5O3S/c1-2-22-8-7-14-16(10-22)27-18(20-14)21-17(24)11-3-6-13(19-12-4-5-12)15(9-11)23(25)26/h3,6,9,12,19H,2,4-5,7-8,10H2,1H3,(H,20,21,24). The fourth-order valence-corrected chi connectivity index (χ4v) is 4.18. The Labute approximate surface area is 160 Å². The number of fused-ring (bicyclic) bond motifs is 1. The van der Waals surface area contributed by atoms with Crippen LogP contribution in [0.15, 0.2) is 18.2 Å². The van der Waals surface area contributed by atoms with E-state index in [2.05, 4.69) is 27.4 Å². The second-order valence-electron chi connectivity index (χ2n) is 6.87. The summed E-state index contributed by atoms with van der Waals surface area (Å²) in [7, 11) is 0. The number of nitrogens with one attached hydrogen (secondary N) is 2. The lowest BCUT2D eigenvalue weighted by molar-refractivity contribution is -0.384. The van der Waals surface area contributed by atoms with Gasteiger partial charge in [-0.3, -0.25) is 25.1 Å². The predicted octanol–water partition coefficient (Wildman–Crippen LogP) is 3.26. The number of benzene rings is 1. The lowest BCUT2D eigenvalue weighted by Gasteiger charge is -2.23. The molecule has 2 heterocycles. The van der Waals surface area contributed by atoms with E-state index in [4.69, 9.17) is 0 Å². The van der Waals surface area contributed by atoms with Crippen LogP contribution >= 0.6 is 11.3 Å². The van der Waals surface area contributed by atoms with E-state index in [9.17, 15) is 14.9 Å². The Kier molecular flexibility index (Phi) is 4.79. The van der Waals surface area contributed by atoms with Crippen LogP contribution in [0.2, 0.25) is 0 Å². The van der Waals surface area contributed by atoms with Gasteiger partial charge in [0.05, 0.1) is 10.6 Å². The number of rotatable bonds is 6. The first kappa shape index (κ1) is 17.9. The van der Waals surface area contributed by atoms with Crippen molar-refractivity contribution >= 4 is 33.8 Å². The van der Waals surface area contributed by atoms with Crippen molar-refractivity contribution in [1.29, 1.82) is 0 Å². The Bertz CT molecular complexity index is 893. The lowest BCUT2D eigenvalue weighted by Crippen LogP contribution is -2.29. The van der Waals surface area contributed by atoms with Crippen LogP contribution in [-0.2, 0) is 13.0 Å². The van der Waals surface area contributed by atoms with E-state index in [0.717, 1.165) is 44.6 Å². The van der Waals surface area contributed by atoms with E-state index in [1.165, 1.54) is 22.3 Å². The fourth-order valence-electron chi connectivity index (χ4n) is 3.13. The van der Waals surface area contributed by atoms with E-state index < -0.39 is 4.92 Å². The normalized spacial score (nSPS) is 16.6. The molecule has 0 atom stereocenters. The number of hydrogen-bond donors (Lipinski definition) is 2. The molecule has 1 aromatic heterocycles. The van der Waals surface area contributed by atoms with Gasteiger partial charge in [-0.15, -0.1) is 11.3 Å². The number of nitro benzene ring substituents is 1. The number of hydrogen-bond acceptors (Lipinski definition) is 7. The van der Waals surface area contributed by atoms with Gasteiger partial charge in [-0.2, -0.15) is 0 Å². The molecule has 9 heteroatoms. The molecular formula is C18H21N5O3S.